The van der Waals surface area contributed by atoms with Crippen molar-refractivity contribution in [2.45, 2.75) is 13.3 Å². The molecule has 14 heavy (non-hydrogen) atoms. The average molecular weight is 189 g/mol. The summed E-state index contributed by atoms with van der Waals surface area (Å²) in [5, 5.41) is 3.29. The largest absolute Gasteiger partial charge is 0.397 e. The van der Waals surface area contributed by atoms with Crippen molar-refractivity contribution in [1.82, 2.24) is 10.3 Å². The van der Waals surface area contributed by atoms with Gasteiger partial charge in [-0.3, -0.25) is 4.98 Å². The van der Waals surface area contributed by atoms with Crippen molar-refractivity contribution >= 4 is 11.3 Å². The SMILES string of the molecule is Cc1c(N)cncc1C1=CCNCC1. The van der Waals surface area contributed by atoms with E-state index in [2.05, 4.69) is 23.3 Å². The number of hydrogen-bond donors (Lipinski definition) is 2. The summed E-state index contributed by atoms with van der Waals surface area (Å²) in [6, 6.07) is 0. The number of aromatic nitrogens is 1. The summed E-state index contributed by atoms with van der Waals surface area (Å²) in [7, 11) is 0. The van der Waals surface area contributed by atoms with Gasteiger partial charge >= 0.3 is 0 Å². The van der Waals surface area contributed by atoms with Crippen molar-refractivity contribution in [2.24, 2.45) is 0 Å². The molecular weight excluding hydrogens is 174 g/mol. The molecule has 3 heteroatoms. The number of nitrogens with zero attached hydrogens (tertiary/aromatic N) is 1. The van der Waals surface area contributed by atoms with Crippen LogP contribution in [0.1, 0.15) is 17.5 Å². The molecule has 0 unspecified atom stereocenters. The Hall–Kier alpha value is -1.35. The quantitative estimate of drug-likeness (QED) is 0.701. The van der Waals surface area contributed by atoms with E-state index in [-0.39, 0.29) is 0 Å². The number of rotatable bonds is 1. The Balaban J connectivity index is 2.40. The minimum absolute atomic E-state index is 0.780. The van der Waals surface area contributed by atoms with Crippen LogP contribution in [0.4, 0.5) is 5.69 Å². The number of nitrogens with one attached hydrogen (secondary N) is 1. The van der Waals surface area contributed by atoms with Crippen LogP contribution in [0.2, 0.25) is 0 Å². The van der Waals surface area contributed by atoms with Crippen LogP contribution >= 0.6 is 0 Å². The highest BCUT2D eigenvalue weighted by atomic mass is 14.8. The number of hydrogen-bond acceptors (Lipinski definition) is 3. The zero-order valence-electron chi connectivity index (χ0n) is 8.38. The van der Waals surface area contributed by atoms with E-state index < -0.39 is 0 Å². The van der Waals surface area contributed by atoms with Gasteiger partial charge in [0.1, 0.15) is 0 Å². The average Bonchev–Trinajstić information content (AvgIpc) is 2.23. The lowest BCUT2D eigenvalue weighted by Crippen LogP contribution is -2.20. The van der Waals surface area contributed by atoms with Gasteiger partial charge in [0.15, 0.2) is 0 Å². The van der Waals surface area contributed by atoms with Gasteiger partial charge in [-0.15, -0.1) is 0 Å². The molecule has 0 radical (unpaired) electrons. The molecule has 0 saturated heterocycles. The number of nitrogens with two attached hydrogens (primary N) is 1. The van der Waals surface area contributed by atoms with Crippen LogP contribution in [0, 0.1) is 6.92 Å². The van der Waals surface area contributed by atoms with E-state index in [0.29, 0.717) is 0 Å². The maximum absolute atomic E-state index is 5.82. The molecule has 3 N–H and O–H groups in total. The van der Waals surface area contributed by atoms with Crippen LogP contribution in [0.15, 0.2) is 18.5 Å². The predicted molar refractivity (Wildman–Crippen MR) is 58.9 cm³/mol. The highest BCUT2D eigenvalue weighted by Crippen LogP contribution is 2.24. The third kappa shape index (κ3) is 1.63. The highest BCUT2D eigenvalue weighted by molar-refractivity contribution is 5.71. The minimum atomic E-state index is 0.780. The van der Waals surface area contributed by atoms with Crippen LogP contribution in [0.5, 0.6) is 0 Å². The Morgan fingerprint density at radius 2 is 2.29 bits per heavy atom. The molecule has 0 fully saturated rings. The smallest absolute Gasteiger partial charge is 0.0536 e. The molecule has 0 amide bonds. The van der Waals surface area contributed by atoms with Gasteiger partial charge in [-0.1, -0.05) is 6.08 Å². The normalized spacial score (nSPS) is 16.5. The Morgan fingerprint density at radius 1 is 1.43 bits per heavy atom. The first-order chi connectivity index (χ1) is 6.79. The lowest BCUT2D eigenvalue weighted by Gasteiger charge is -2.16. The molecule has 74 valence electrons. The lowest BCUT2D eigenvalue weighted by atomic mass is 9.97. The van der Waals surface area contributed by atoms with Crippen molar-refractivity contribution in [1.29, 1.82) is 0 Å². The molecule has 1 aliphatic heterocycles. The summed E-state index contributed by atoms with van der Waals surface area (Å²) in [6.07, 6.45) is 6.89. The third-order valence-electron chi connectivity index (χ3n) is 2.66. The maximum Gasteiger partial charge on any atom is 0.0536 e. The Kier molecular flexibility index (Phi) is 2.50. The molecule has 0 atom stereocenters. The van der Waals surface area contributed by atoms with Gasteiger partial charge in [-0.2, -0.15) is 0 Å². The number of nitrogen functional groups attached to an aromatic ring is 1. The third-order valence-corrected chi connectivity index (χ3v) is 2.66. The van der Waals surface area contributed by atoms with E-state index in [0.717, 1.165) is 30.8 Å². The fraction of sp³-hybridized carbons (Fsp3) is 0.364. The van der Waals surface area contributed by atoms with Crippen LogP contribution in [0.3, 0.4) is 0 Å². The van der Waals surface area contributed by atoms with Crippen LogP contribution < -0.4 is 11.1 Å². The lowest BCUT2D eigenvalue weighted by molar-refractivity contribution is 0.738. The van der Waals surface area contributed by atoms with Crippen molar-refractivity contribution in [2.75, 3.05) is 18.8 Å². The van der Waals surface area contributed by atoms with Gasteiger partial charge in [0.05, 0.1) is 11.9 Å². The van der Waals surface area contributed by atoms with E-state index in [1.807, 2.05) is 6.20 Å². The summed E-state index contributed by atoms with van der Waals surface area (Å²) >= 11 is 0. The highest BCUT2D eigenvalue weighted by Gasteiger charge is 2.09. The molecular formula is C11H15N3. The predicted octanol–water partition coefficient (Wildman–Crippen LogP) is 1.35. The van der Waals surface area contributed by atoms with Crippen molar-refractivity contribution in [3.63, 3.8) is 0 Å². The van der Waals surface area contributed by atoms with Gasteiger partial charge in [-0.05, 0) is 31.0 Å². The van der Waals surface area contributed by atoms with Crippen molar-refractivity contribution in [3.05, 3.63) is 29.6 Å². The Morgan fingerprint density at radius 3 is 3.00 bits per heavy atom. The Labute approximate surface area is 84.0 Å². The summed E-state index contributed by atoms with van der Waals surface area (Å²) in [5.41, 5.74) is 10.3. The fourth-order valence-corrected chi connectivity index (χ4v) is 1.73. The fourth-order valence-electron chi connectivity index (χ4n) is 1.73. The molecule has 0 aromatic carbocycles. The van der Waals surface area contributed by atoms with E-state index in [1.54, 1.807) is 6.20 Å². The molecule has 2 heterocycles. The van der Waals surface area contributed by atoms with Crippen LogP contribution in [0.25, 0.3) is 5.57 Å². The topological polar surface area (TPSA) is 50.9 Å². The Bertz CT molecular complexity index is 369. The van der Waals surface area contributed by atoms with E-state index in [4.69, 9.17) is 5.73 Å². The maximum atomic E-state index is 5.82. The summed E-state index contributed by atoms with van der Waals surface area (Å²) in [4.78, 5) is 4.13. The van der Waals surface area contributed by atoms with E-state index >= 15 is 0 Å². The molecule has 0 bridgehead atoms. The molecule has 0 spiro atoms. The van der Waals surface area contributed by atoms with E-state index in [1.165, 1.54) is 11.1 Å². The van der Waals surface area contributed by atoms with Crippen LogP contribution in [-0.4, -0.2) is 18.1 Å². The minimum Gasteiger partial charge on any atom is -0.397 e. The van der Waals surface area contributed by atoms with E-state index in [9.17, 15) is 0 Å². The summed E-state index contributed by atoms with van der Waals surface area (Å²) < 4.78 is 0. The zero-order chi connectivity index (χ0) is 9.97. The number of anilines is 1. The van der Waals surface area contributed by atoms with Gasteiger partial charge in [0.25, 0.3) is 0 Å². The second-order valence-electron chi connectivity index (χ2n) is 3.58. The molecule has 1 aliphatic rings. The first-order valence-corrected chi connectivity index (χ1v) is 4.89. The first-order valence-electron chi connectivity index (χ1n) is 4.89. The molecule has 3 nitrogen and oxygen atoms in total. The van der Waals surface area contributed by atoms with Crippen molar-refractivity contribution < 1.29 is 0 Å². The zero-order valence-corrected chi connectivity index (χ0v) is 8.38. The monoisotopic (exact) mass is 189 g/mol. The van der Waals surface area contributed by atoms with Gasteiger partial charge in [-0.25, -0.2) is 0 Å². The molecule has 1 aromatic rings. The van der Waals surface area contributed by atoms with Crippen molar-refractivity contribution in [3.8, 4) is 0 Å². The second kappa shape index (κ2) is 3.80. The van der Waals surface area contributed by atoms with Gasteiger partial charge in [0.2, 0.25) is 0 Å². The van der Waals surface area contributed by atoms with Gasteiger partial charge < -0.3 is 11.1 Å². The molecule has 0 aliphatic carbocycles. The second-order valence-corrected chi connectivity index (χ2v) is 3.58. The summed E-state index contributed by atoms with van der Waals surface area (Å²) in [6.45, 7) is 4.04. The first kappa shape index (κ1) is 9.21. The summed E-state index contributed by atoms with van der Waals surface area (Å²) in [5.74, 6) is 0. The molecule has 1 aromatic heterocycles. The molecule has 0 saturated carbocycles. The molecule has 2 rings (SSSR count). The van der Waals surface area contributed by atoms with Crippen LogP contribution in [-0.2, 0) is 0 Å². The van der Waals surface area contributed by atoms with Gasteiger partial charge in [0, 0.05) is 18.3 Å². The standard InChI is InChI=1S/C11H15N3/c1-8-10(6-14-7-11(8)12)9-2-4-13-5-3-9/h2,6-7,13H,3-5,12H2,1H3. The number of pyridine rings is 1.